The lowest BCUT2D eigenvalue weighted by Crippen LogP contribution is -2.51. The molecule has 2 aliphatic rings. The third kappa shape index (κ3) is 5.57. The first-order valence-electron chi connectivity index (χ1n) is 9.40. The van der Waals surface area contributed by atoms with Crippen molar-refractivity contribution >= 4 is 11.6 Å². The van der Waals surface area contributed by atoms with E-state index < -0.39 is 18.1 Å². The van der Waals surface area contributed by atoms with E-state index in [2.05, 4.69) is 10.2 Å². The summed E-state index contributed by atoms with van der Waals surface area (Å²) in [4.78, 5) is 16.4. The molecule has 1 aromatic carbocycles. The number of amides is 1. The molecule has 1 saturated carbocycles. The fraction of sp³-hybridized carbons (Fsp3) is 0.632. The number of alkyl halides is 3. The average molecular weight is 387 g/mol. The highest BCUT2D eigenvalue weighted by Crippen LogP contribution is 2.37. The Morgan fingerprint density at radius 3 is 2.37 bits per heavy atom. The van der Waals surface area contributed by atoms with Gasteiger partial charge in [-0.3, -0.25) is 9.69 Å². The molecule has 1 N–H and O–H groups in total. The molecule has 4 nitrogen and oxygen atoms in total. The Labute approximate surface area is 156 Å². The molecule has 27 heavy (non-hydrogen) atoms. The molecule has 1 heterocycles. The first-order chi connectivity index (χ1) is 12.8. The van der Waals surface area contributed by atoms with Gasteiger partial charge < -0.3 is 10.2 Å². The Morgan fingerprint density at radius 1 is 1.07 bits per heavy atom. The van der Waals surface area contributed by atoms with Crippen LogP contribution in [0, 0.1) is 11.7 Å². The maximum absolute atomic E-state index is 13.0. The molecule has 8 heteroatoms. The van der Waals surface area contributed by atoms with Crippen molar-refractivity contribution in [3.63, 3.8) is 0 Å². The van der Waals surface area contributed by atoms with Crippen LogP contribution in [0.4, 0.5) is 23.2 Å². The van der Waals surface area contributed by atoms with Crippen LogP contribution in [0.2, 0.25) is 0 Å². The third-order valence-corrected chi connectivity index (χ3v) is 5.43. The topological polar surface area (TPSA) is 35.6 Å². The lowest BCUT2D eigenvalue weighted by Gasteiger charge is -2.36. The summed E-state index contributed by atoms with van der Waals surface area (Å²) in [6.45, 7) is 3.00. The Bertz CT molecular complexity index is 627. The number of hydrogen-bond acceptors (Lipinski definition) is 3. The number of piperazine rings is 1. The minimum Gasteiger partial charge on any atom is -0.369 e. The first-order valence-corrected chi connectivity index (χ1v) is 9.40. The fourth-order valence-corrected chi connectivity index (χ4v) is 3.91. The molecule has 0 unspecified atom stereocenters. The summed E-state index contributed by atoms with van der Waals surface area (Å²) in [6.07, 6.45) is -2.95. The zero-order chi connectivity index (χ0) is 19.4. The molecular formula is C19H25F4N3O. The van der Waals surface area contributed by atoms with Gasteiger partial charge in [0.05, 0.1) is 12.5 Å². The number of hydrogen-bond donors (Lipinski definition) is 1. The summed E-state index contributed by atoms with van der Waals surface area (Å²) in [7, 11) is 0. The van der Waals surface area contributed by atoms with Gasteiger partial charge in [0, 0.05) is 37.9 Å². The van der Waals surface area contributed by atoms with Gasteiger partial charge in [0.25, 0.3) is 0 Å². The smallest absolute Gasteiger partial charge is 0.369 e. The maximum atomic E-state index is 13.0. The molecule has 0 bridgehead atoms. The molecular weight excluding hydrogens is 362 g/mol. The number of benzene rings is 1. The quantitative estimate of drug-likeness (QED) is 0.806. The molecule has 1 amide bonds. The van der Waals surface area contributed by atoms with E-state index in [1.54, 1.807) is 12.1 Å². The van der Waals surface area contributed by atoms with Crippen LogP contribution < -0.4 is 10.2 Å². The van der Waals surface area contributed by atoms with Gasteiger partial charge in [-0.2, -0.15) is 13.2 Å². The molecule has 0 aromatic heterocycles. The normalized spacial score (nSPS) is 24.7. The second-order valence-electron chi connectivity index (χ2n) is 7.41. The summed E-state index contributed by atoms with van der Waals surface area (Å²) in [5.41, 5.74) is 0.945. The van der Waals surface area contributed by atoms with Crippen molar-refractivity contribution in [3.05, 3.63) is 30.1 Å². The highest BCUT2D eigenvalue weighted by molar-refractivity contribution is 5.78. The van der Waals surface area contributed by atoms with Crippen molar-refractivity contribution < 1.29 is 22.4 Å². The summed E-state index contributed by atoms with van der Waals surface area (Å²) in [6, 6.07) is 5.93. The first kappa shape index (κ1) is 19.9. The van der Waals surface area contributed by atoms with Gasteiger partial charge in [0.1, 0.15) is 5.82 Å². The minimum atomic E-state index is -4.18. The van der Waals surface area contributed by atoms with Gasteiger partial charge in [-0.25, -0.2) is 4.39 Å². The van der Waals surface area contributed by atoms with Gasteiger partial charge in [-0.1, -0.05) is 6.42 Å². The molecule has 150 valence electrons. The predicted molar refractivity (Wildman–Crippen MR) is 95.0 cm³/mol. The molecule has 1 aromatic rings. The molecule has 1 aliphatic heterocycles. The predicted octanol–water partition coefficient (Wildman–Crippen LogP) is 3.19. The van der Waals surface area contributed by atoms with E-state index in [1.807, 2.05) is 4.90 Å². The van der Waals surface area contributed by atoms with Crippen LogP contribution in [0.3, 0.4) is 0 Å². The Morgan fingerprint density at radius 2 is 1.74 bits per heavy atom. The van der Waals surface area contributed by atoms with Crippen molar-refractivity contribution in [3.8, 4) is 0 Å². The van der Waals surface area contributed by atoms with E-state index in [0.29, 0.717) is 25.9 Å². The SMILES string of the molecule is O=C(CN1CCN(c2ccc(F)cc2)CC1)N[C@@H]1CCC[C@@H](C(F)(F)F)C1. The van der Waals surface area contributed by atoms with Crippen LogP contribution in [0.25, 0.3) is 0 Å². The standard InChI is InChI=1S/C19H25F4N3O/c20-15-4-6-17(7-5-15)26-10-8-25(9-11-26)13-18(27)24-16-3-1-2-14(12-16)19(21,22)23/h4-7,14,16H,1-3,8-13H2,(H,24,27)/t14-,16-/m1/s1. The van der Waals surface area contributed by atoms with E-state index in [9.17, 15) is 22.4 Å². The van der Waals surface area contributed by atoms with E-state index in [0.717, 1.165) is 18.8 Å². The van der Waals surface area contributed by atoms with Crippen LogP contribution >= 0.6 is 0 Å². The Kier molecular flexibility index (Phi) is 6.24. The summed E-state index contributed by atoms with van der Waals surface area (Å²) in [5.74, 6) is -1.79. The van der Waals surface area contributed by atoms with E-state index in [-0.39, 0.29) is 31.1 Å². The van der Waals surface area contributed by atoms with E-state index in [4.69, 9.17) is 0 Å². The Balaban J connectivity index is 1.42. The number of carbonyl (C=O) groups excluding carboxylic acids is 1. The van der Waals surface area contributed by atoms with Crippen LogP contribution in [-0.2, 0) is 4.79 Å². The lowest BCUT2D eigenvalue weighted by atomic mass is 9.85. The number of anilines is 1. The van der Waals surface area contributed by atoms with Crippen molar-refractivity contribution in [2.24, 2.45) is 5.92 Å². The van der Waals surface area contributed by atoms with Gasteiger partial charge in [0.15, 0.2) is 0 Å². The molecule has 3 rings (SSSR count). The van der Waals surface area contributed by atoms with Crippen LogP contribution in [0.1, 0.15) is 25.7 Å². The highest BCUT2D eigenvalue weighted by Gasteiger charge is 2.42. The van der Waals surface area contributed by atoms with Crippen molar-refractivity contribution in [2.75, 3.05) is 37.6 Å². The Hall–Kier alpha value is -1.83. The monoisotopic (exact) mass is 387 g/mol. The minimum absolute atomic E-state index is 0.0203. The van der Waals surface area contributed by atoms with Gasteiger partial charge in [0.2, 0.25) is 5.91 Å². The summed E-state index contributed by atoms with van der Waals surface area (Å²) >= 11 is 0. The van der Waals surface area contributed by atoms with Gasteiger partial charge in [-0.05, 0) is 43.5 Å². The lowest BCUT2D eigenvalue weighted by molar-refractivity contribution is -0.184. The molecule has 2 atom stereocenters. The largest absolute Gasteiger partial charge is 0.391 e. The van der Waals surface area contributed by atoms with E-state index in [1.165, 1.54) is 12.1 Å². The van der Waals surface area contributed by atoms with Crippen LogP contribution in [-0.4, -0.2) is 55.7 Å². The summed E-state index contributed by atoms with van der Waals surface area (Å²) in [5, 5.41) is 2.78. The summed E-state index contributed by atoms with van der Waals surface area (Å²) < 4.78 is 51.6. The number of rotatable bonds is 4. The molecule has 2 fully saturated rings. The molecule has 1 saturated heterocycles. The maximum Gasteiger partial charge on any atom is 0.391 e. The van der Waals surface area contributed by atoms with Crippen molar-refractivity contribution in [1.29, 1.82) is 0 Å². The molecule has 1 aliphatic carbocycles. The second kappa shape index (κ2) is 8.46. The number of nitrogens with zero attached hydrogens (tertiary/aromatic N) is 2. The van der Waals surface area contributed by atoms with Crippen molar-refractivity contribution in [2.45, 2.75) is 37.9 Å². The van der Waals surface area contributed by atoms with Crippen molar-refractivity contribution in [1.82, 2.24) is 10.2 Å². The van der Waals surface area contributed by atoms with E-state index >= 15 is 0 Å². The third-order valence-electron chi connectivity index (χ3n) is 5.43. The van der Waals surface area contributed by atoms with Gasteiger partial charge in [-0.15, -0.1) is 0 Å². The zero-order valence-electron chi connectivity index (χ0n) is 15.1. The fourth-order valence-electron chi connectivity index (χ4n) is 3.91. The molecule has 0 radical (unpaired) electrons. The zero-order valence-corrected chi connectivity index (χ0v) is 15.1. The molecule has 0 spiro atoms. The second-order valence-corrected chi connectivity index (χ2v) is 7.41. The number of halogens is 4. The number of nitrogens with one attached hydrogen (secondary N) is 1. The highest BCUT2D eigenvalue weighted by atomic mass is 19.4. The average Bonchev–Trinajstić information content (AvgIpc) is 2.62. The number of carbonyl (C=O) groups is 1. The van der Waals surface area contributed by atoms with Crippen LogP contribution in [0.15, 0.2) is 24.3 Å². The van der Waals surface area contributed by atoms with Crippen LogP contribution in [0.5, 0.6) is 0 Å². The van der Waals surface area contributed by atoms with Gasteiger partial charge >= 0.3 is 6.18 Å².